The molecule has 2 amide bonds. The van der Waals surface area contributed by atoms with Crippen molar-refractivity contribution in [3.8, 4) is 11.3 Å². The lowest BCUT2D eigenvalue weighted by Gasteiger charge is -2.07. The number of carbonyl (C=O) groups excluding carboxylic acids is 2. The first-order chi connectivity index (χ1) is 14.5. The number of H-pyrrole nitrogens is 1. The van der Waals surface area contributed by atoms with Crippen LogP contribution in [0.2, 0.25) is 0 Å². The number of nitrogens with zero attached hydrogens (tertiary/aromatic N) is 1. The number of carbonyl (C=O) groups is 2. The molecule has 0 aliphatic heterocycles. The summed E-state index contributed by atoms with van der Waals surface area (Å²) in [5, 5.41) is 10.9. The lowest BCUT2D eigenvalue weighted by molar-refractivity contribution is -0.116. The topological polar surface area (TPSA) is 101 Å². The Bertz CT molecular complexity index is 1230. The van der Waals surface area contributed by atoms with E-state index in [9.17, 15) is 14.0 Å². The van der Waals surface area contributed by atoms with Crippen molar-refractivity contribution < 1.29 is 14.0 Å². The second-order valence-electron chi connectivity index (χ2n) is 6.95. The third kappa shape index (κ3) is 4.20. The van der Waals surface area contributed by atoms with E-state index in [0.717, 1.165) is 22.0 Å². The van der Waals surface area contributed by atoms with Gasteiger partial charge in [-0.25, -0.2) is 4.39 Å². The summed E-state index contributed by atoms with van der Waals surface area (Å²) in [6.07, 6.45) is 0.800. The minimum atomic E-state index is -0.508. The molecule has 0 atom stereocenters. The molecule has 0 saturated heterocycles. The van der Waals surface area contributed by atoms with Gasteiger partial charge in [0.25, 0.3) is 0 Å². The van der Waals surface area contributed by atoms with Crippen molar-refractivity contribution >= 4 is 28.4 Å². The van der Waals surface area contributed by atoms with Gasteiger partial charge in [-0.15, -0.1) is 0 Å². The molecule has 30 heavy (non-hydrogen) atoms. The van der Waals surface area contributed by atoms with Gasteiger partial charge in [0.15, 0.2) is 0 Å². The number of benzene rings is 3. The Morgan fingerprint density at radius 2 is 1.83 bits per heavy atom. The Morgan fingerprint density at radius 1 is 1.03 bits per heavy atom. The van der Waals surface area contributed by atoms with Crippen molar-refractivity contribution in [3.63, 3.8) is 0 Å². The maximum Gasteiger partial charge on any atom is 0.248 e. The predicted octanol–water partition coefficient (Wildman–Crippen LogP) is 4.04. The number of hydrogen-bond donors (Lipinski definition) is 3. The molecule has 1 heterocycles. The molecule has 1 aromatic heterocycles. The standard InChI is InChI=1S/C23H19FN4O2/c24-17-8-4-14(5-9-17)6-11-21(29)26-18-3-1-2-15(12-18)22-19-13-16(23(25)30)7-10-20(19)27-28-22/h1-5,7-10,12-13H,6,11H2,(H2,25,30)(H,26,29)(H,27,28). The molecule has 0 spiro atoms. The lowest BCUT2D eigenvalue weighted by atomic mass is 10.0. The first kappa shape index (κ1) is 19.3. The largest absolute Gasteiger partial charge is 0.366 e. The zero-order chi connectivity index (χ0) is 21.1. The van der Waals surface area contributed by atoms with Crippen molar-refractivity contribution in [3.05, 3.63) is 83.7 Å². The monoisotopic (exact) mass is 402 g/mol. The summed E-state index contributed by atoms with van der Waals surface area (Å²) in [5.41, 5.74) is 9.55. The molecule has 0 saturated carbocycles. The number of aromatic amines is 1. The highest BCUT2D eigenvalue weighted by Crippen LogP contribution is 2.28. The van der Waals surface area contributed by atoms with E-state index in [-0.39, 0.29) is 18.1 Å². The fourth-order valence-corrected chi connectivity index (χ4v) is 3.26. The number of nitrogens with one attached hydrogen (secondary N) is 2. The number of amides is 2. The molecule has 3 aromatic carbocycles. The molecular formula is C23H19FN4O2. The van der Waals surface area contributed by atoms with Gasteiger partial charge in [-0.05, 0) is 54.4 Å². The van der Waals surface area contributed by atoms with Crippen LogP contribution >= 0.6 is 0 Å². The van der Waals surface area contributed by atoms with E-state index in [1.54, 1.807) is 36.4 Å². The van der Waals surface area contributed by atoms with Crippen LogP contribution in [0.25, 0.3) is 22.2 Å². The molecule has 0 bridgehead atoms. The highest BCUT2D eigenvalue weighted by molar-refractivity contribution is 6.01. The lowest BCUT2D eigenvalue weighted by Crippen LogP contribution is -2.12. The molecule has 4 N–H and O–H groups in total. The van der Waals surface area contributed by atoms with Crippen LogP contribution in [0.5, 0.6) is 0 Å². The number of halogens is 1. The molecule has 0 aliphatic carbocycles. The third-order valence-corrected chi connectivity index (χ3v) is 4.82. The van der Waals surface area contributed by atoms with Crippen LogP contribution in [0.4, 0.5) is 10.1 Å². The second-order valence-corrected chi connectivity index (χ2v) is 6.95. The Morgan fingerprint density at radius 3 is 2.60 bits per heavy atom. The minimum Gasteiger partial charge on any atom is -0.366 e. The number of aryl methyl sites for hydroxylation is 1. The summed E-state index contributed by atoms with van der Waals surface area (Å²) in [5.74, 6) is -0.945. The number of nitrogens with two attached hydrogens (primary N) is 1. The van der Waals surface area contributed by atoms with Crippen LogP contribution in [-0.4, -0.2) is 22.0 Å². The van der Waals surface area contributed by atoms with Crippen LogP contribution in [0.3, 0.4) is 0 Å². The Kier molecular flexibility index (Phi) is 5.26. The smallest absolute Gasteiger partial charge is 0.248 e. The van der Waals surface area contributed by atoms with Gasteiger partial charge in [-0.2, -0.15) is 5.10 Å². The molecule has 150 valence electrons. The zero-order valence-corrected chi connectivity index (χ0v) is 16.0. The number of fused-ring (bicyclic) bond motifs is 1. The van der Waals surface area contributed by atoms with Gasteiger partial charge in [0.1, 0.15) is 5.82 Å². The summed E-state index contributed by atoms with van der Waals surface area (Å²) < 4.78 is 13.0. The molecule has 0 fully saturated rings. The summed E-state index contributed by atoms with van der Waals surface area (Å²) >= 11 is 0. The highest BCUT2D eigenvalue weighted by Gasteiger charge is 2.12. The molecule has 0 radical (unpaired) electrons. The average molecular weight is 402 g/mol. The van der Waals surface area contributed by atoms with Crippen molar-refractivity contribution in [2.24, 2.45) is 5.73 Å². The van der Waals surface area contributed by atoms with Crippen molar-refractivity contribution in [2.45, 2.75) is 12.8 Å². The molecular weight excluding hydrogens is 383 g/mol. The molecule has 0 aliphatic rings. The number of aromatic nitrogens is 2. The van der Waals surface area contributed by atoms with E-state index in [2.05, 4.69) is 15.5 Å². The summed E-state index contributed by atoms with van der Waals surface area (Å²) in [4.78, 5) is 23.8. The quantitative estimate of drug-likeness (QED) is 0.454. The highest BCUT2D eigenvalue weighted by atomic mass is 19.1. The van der Waals surface area contributed by atoms with E-state index in [0.29, 0.717) is 23.4 Å². The fraction of sp³-hybridized carbons (Fsp3) is 0.0870. The van der Waals surface area contributed by atoms with Crippen LogP contribution in [0.15, 0.2) is 66.7 Å². The molecule has 7 heteroatoms. The van der Waals surface area contributed by atoms with Crippen LogP contribution < -0.4 is 11.1 Å². The van der Waals surface area contributed by atoms with Gasteiger partial charge < -0.3 is 11.1 Å². The number of rotatable bonds is 6. The first-order valence-electron chi connectivity index (χ1n) is 9.42. The van der Waals surface area contributed by atoms with Crippen LogP contribution in [0.1, 0.15) is 22.3 Å². The second kappa shape index (κ2) is 8.16. The number of primary amides is 1. The predicted molar refractivity (Wildman–Crippen MR) is 113 cm³/mol. The van der Waals surface area contributed by atoms with Crippen molar-refractivity contribution in [2.75, 3.05) is 5.32 Å². The van der Waals surface area contributed by atoms with Crippen LogP contribution in [-0.2, 0) is 11.2 Å². The number of hydrogen-bond acceptors (Lipinski definition) is 3. The van der Waals surface area contributed by atoms with Gasteiger partial charge in [0.05, 0.1) is 11.2 Å². The summed E-state index contributed by atoms with van der Waals surface area (Å²) in [6, 6.07) is 18.5. The van der Waals surface area contributed by atoms with Gasteiger partial charge in [0, 0.05) is 28.6 Å². The van der Waals surface area contributed by atoms with E-state index < -0.39 is 5.91 Å². The summed E-state index contributed by atoms with van der Waals surface area (Å²) in [7, 11) is 0. The normalized spacial score (nSPS) is 10.8. The van der Waals surface area contributed by atoms with E-state index in [4.69, 9.17) is 5.73 Å². The first-order valence-corrected chi connectivity index (χ1v) is 9.42. The average Bonchev–Trinajstić information content (AvgIpc) is 3.17. The van der Waals surface area contributed by atoms with Gasteiger partial charge in [-0.3, -0.25) is 14.7 Å². The molecule has 4 aromatic rings. The molecule has 4 rings (SSSR count). The molecule has 6 nitrogen and oxygen atoms in total. The maximum absolute atomic E-state index is 13.0. The Hall–Kier alpha value is -4.00. The Labute approximate surface area is 171 Å². The van der Waals surface area contributed by atoms with Gasteiger partial charge in [0.2, 0.25) is 11.8 Å². The van der Waals surface area contributed by atoms with Crippen molar-refractivity contribution in [1.82, 2.24) is 10.2 Å². The Balaban J connectivity index is 1.50. The molecule has 0 unspecified atom stereocenters. The SMILES string of the molecule is NC(=O)c1ccc2[nH]nc(-c3cccc(NC(=O)CCc4ccc(F)cc4)c3)c2c1. The maximum atomic E-state index is 13.0. The van der Waals surface area contributed by atoms with Gasteiger partial charge in [-0.1, -0.05) is 24.3 Å². The van der Waals surface area contributed by atoms with Gasteiger partial charge >= 0.3 is 0 Å². The fourth-order valence-electron chi connectivity index (χ4n) is 3.26. The van der Waals surface area contributed by atoms with Crippen molar-refractivity contribution in [1.29, 1.82) is 0 Å². The minimum absolute atomic E-state index is 0.139. The van der Waals surface area contributed by atoms with E-state index >= 15 is 0 Å². The summed E-state index contributed by atoms with van der Waals surface area (Å²) in [6.45, 7) is 0. The zero-order valence-electron chi connectivity index (χ0n) is 16.0. The van der Waals surface area contributed by atoms with Crippen LogP contribution in [0, 0.1) is 5.82 Å². The third-order valence-electron chi connectivity index (χ3n) is 4.82. The van der Waals surface area contributed by atoms with E-state index in [1.807, 2.05) is 18.2 Å². The number of anilines is 1. The van der Waals surface area contributed by atoms with E-state index in [1.165, 1.54) is 12.1 Å².